The minimum Gasteiger partial charge on any atom is -0.454 e. The predicted molar refractivity (Wildman–Crippen MR) is 107 cm³/mol. The average molecular weight is 426 g/mol. The lowest BCUT2D eigenvalue weighted by atomic mass is 10.1. The molecule has 1 aromatic carbocycles. The van der Waals surface area contributed by atoms with Crippen molar-refractivity contribution in [1.29, 1.82) is 0 Å². The third-order valence-electron chi connectivity index (χ3n) is 4.22. The molecule has 2 N–H and O–H groups in total. The minimum absolute atomic E-state index is 0.0472. The number of aryl methyl sites for hydroxylation is 2. The highest BCUT2D eigenvalue weighted by Crippen LogP contribution is 2.38. The SMILES string of the molecule is CN=C(NCCCCc1nc(C)cs1)NCc1cc2c(cc1OC(F)F)OCO2. The first-order valence-electron chi connectivity index (χ1n) is 9.28. The van der Waals surface area contributed by atoms with Crippen molar-refractivity contribution in [3.8, 4) is 17.2 Å². The van der Waals surface area contributed by atoms with Crippen LogP contribution < -0.4 is 24.8 Å². The summed E-state index contributed by atoms with van der Waals surface area (Å²) in [5.41, 5.74) is 1.59. The zero-order valence-corrected chi connectivity index (χ0v) is 17.2. The highest BCUT2D eigenvalue weighted by Gasteiger charge is 2.20. The molecule has 7 nitrogen and oxygen atoms in total. The molecule has 0 saturated carbocycles. The topological polar surface area (TPSA) is 77.0 Å². The minimum atomic E-state index is -2.92. The van der Waals surface area contributed by atoms with Gasteiger partial charge in [-0.15, -0.1) is 11.3 Å². The number of nitrogens with one attached hydrogen (secondary N) is 2. The zero-order valence-electron chi connectivity index (χ0n) is 16.3. The summed E-state index contributed by atoms with van der Waals surface area (Å²) in [4.78, 5) is 8.62. The van der Waals surface area contributed by atoms with E-state index in [0.29, 0.717) is 23.0 Å². The van der Waals surface area contributed by atoms with E-state index >= 15 is 0 Å². The van der Waals surface area contributed by atoms with Crippen LogP contribution in [0.3, 0.4) is 0 Å². The Bertz CT molecular complexity index is 845. The van der Waals surface area contributed by atoms with E-state index in [1.54, 1.807) is 24.5 Å². The number of ether oxygens (including phenoxy) is 3. The summed E-state index contributed by atoms with van der Waals surface area (Å²) in [7, 11) is 1.66. The Morgan fingerprint density at radius 1 is 1.28 bits per heavy atom. The molecule has 0 radical (unpaired) electrons. The van der Waals surface area contributed by atoms with Gasteiger partial charge in [-0.3, -0.25) is 4.99 Å². The summed E-state index contributed by atoms with van der Waals surface area (Å²) in [5, 5.41) is 9.54. The molecule has 0 atom stereocenters. The standard InChI is InChI=1S/C19H24F2N4O3S/c1-12-10-29-17(25-12)5-3-4-6-23-19(22-2)24-9-13-7-15-16(27-11-26-15)8-14(13)28-18(20)21/h7-8,10,18H,3-6,9,11H2,1-2H3,(H2,22,23,24). The number of unbranched alkanes of at least 4 members (excludes halogenated alkanes) is 1. The number of alkyl halides is 2. The third-order valence-corrected chi connectivity index (χ3v) is 5.24. The van der Waals surface area contributed by atoms with Crippen LogP contribution in [-0.2, 0) is 13.0 Å². The number of aliphatic imine (C=N–C) groups is 1. The number of halogens is 2. The monoisotopic (exact) mass is 426 g/mol. The Morgan fingerprint density at radius 2 is 2.07 bits per heavy atom. The molecule has 158 valence electrons. The van der Waals surface area contributed by atoms with Gasteiger partial charge in [0.25, 0.3) is 0 Å². The van der Waals surface area contributed by atoms with Crippen LogP contribution in [0.25, 0.3) is 0 Å². The highest BCUT2D eigenvalue weighted by atomic mass is 32.1. The van der Waals surface area contributed by atoms with E-state index in [4.69, 9.17) is 9.47 Å². The maximum absolute atomic E-state index is 12.7. The summed E-state index contributed by atoms with van der Waals surface area (Å²) in [6.45, 7) is 0.120. The molecular weight excluding hydrogens is 402 g/mol. The number of aromatic nitrogens is 1. The molecule has 0 fully saturated rings. The van der Waals surface area contributed by atoms with E-state index in [9.17, 15) is 8.78 Å². The molecular formula is C19H24F2N4O3S. The fourth-order valence-corrected chi connectivity index (χ4v) is 3.65. The van der Waals surface area contributed by atoms with Crippen molar-refractivity contribution >= 4 is 17.3 Å². The Labute approximate surface area is 172 Å². The molecule has 10 heteroatoms. The largest absolute Gasteiger partial charge is 0.454 e. The van der Waals surface area contributed by atoms with Crippen LogP contribution in [0, 0.1) is 6.92 Å². The van der Waals surface area contributed by atoms with Crippen molar-refractivity contribution < 1.29 is 23.0 Å². The van der Waals surface area contributed by atoms with Crippen molar-refractivity contribution in [3.05, 3.63) is 33.8 Å². The number of rotatable bonds is 9. The molecule has 29 heavy (non-hydrogen) atoms. The lowest BCUT2D eigenvalue weighted by Gasteiger charge is -2.15. The van der Waals surface area contributed by atoms with Gasteiger partial charge in [0.05, 0.1) is 5.01 Å². The van der Waals surface area contributed by atoms with Gasteiger partial charge in [-0.25, -0.2) is 4.98 Å². The molecule has 0 unspecified atom stereocenters. The van der Waals surface area contributed by atoms with E-state index in [1.165, 1.54) is 6.07 Å². The smallest absolute Gasteiger partial charge is 0.387 e. The predicted octanol–water partition coefficient (Wildman–Crippen LogP) is 3.47. The van der Waals surface area contributed by atoms with E-state index in [0.717, 1.165) is 36.5 Å². The molecule has 2 aromatic rings. The fourth-order valence-electron chi connectivity index (χ4n) is 2.83. The second kappa shape index (κ2) is 10.2. The van der Waals surface area contributed by atoms with E-state index in [2.05, 4.69) is 30.7 Å². The second-order valence-electron chi connectivity index (χ2n) is 6.38. The first kappa shape index (κ1) is 21.1. The van der Waals surface area contributed by atoms with Crippen molar-refractivity contribution in [2.24, 2.45) is 4.99 Å². The van der Waals surface area contributed by atoms with Crippen LogP contribution in [0.4, 0.5) is 8.78 Å². The summed E-state index contributed by atoms with van der Waals surface area (Å²) >= 11 is 1.69. The average Bonchev–Trinajstić information content (AvgIpc) is 3.31. The molecule has 1 aromatic heterocycles. The summed E-state index contributed by atoms with van der Waals surface area (Å²) in [6, 6.07) is 3.05. The first-order chi connectivity index (χ1) is 14.0. The Morgan fingerprint density at radius 3 is 2.76 bits per heavy atom. The maximum atomic E-state index is 12.7. The van der Waals surface area contributed by atoms with Gasteiger partial charge in [0, 0.05) is 42.8 Å². The quantitative estimate of drug-likeness (QED) is 0.363. The lowest BCUT2D eigenvalue weighted by Crippen LogP contribution is -2.37. The molecule has 0 aliphatic carbocycles. The number of nitrogens with zero attached hydrogens (tertiary/aromatic N) is 2. The fraction of sp³-hybridized carbons (Fsp3) is 0.474. The number of fused-ring (bicyclic) bond motifs is 1. The van der Waals surface area contributed by atoms with E-state index < -0.39 is 6.61 Å². The van der Waals surface area contributed by atoms with Crippen LogP contribution in [0.5, 0.6) is 17.2 Å². The van der Waals surface area contributed by atoms with Crippen molar-refractivity contribution in [2.75, 3.05) is 20.4 Å². The Hall–Kier alpha value is -2.62. The number of benzene rings is 1. The summed E-state index contributed by atoms with van der Waals surface area (Å²) < 4.78 is 40.6. The molecule has 3 rings (SSSR count). The van der Waals surface area contributed by atoms with Gasteiger partial charge in [0.15, 0.2) is 17.5 Å². The molecule has 0 bridgehead atoms. The first-order valence-corrected chi connectivity index (χ1v) is 10.2. The van der Waals surface area contributed by atoms with Gasteiger partial charge in [0.2, 0.25) is 6.79 Å². The van der Waals surface area contributed by atoms with Crippen LogP contribution in [0.1, 0.15) is 29.1 Å². The number of thiazole rings is 1. The molecule has 1 aliphatic heterocycles. The highest BCUT2D eigenvalue weighted by molar-refractivity contribution is 7.09. The molecule has 1 aliphatic rings. The van der Waals surface area contributed by atoms with Gasteiger partial charge < -0.3 is 24.8 Å². The van der Waals surface area contributed by atoms with Gasteiger partial charge in [0.1, 0.15) is 5.75 Å². The van der Waals surface area contributed by atoms with Gasteiger partial charge >= 0.3 is 6.61 Å². The molecule has 0 amide bonds. The zero-order chi connectivity index (χ0) is 20.6. The molecule has 2 heterocycles. The summed E-state index contributed by atoms with van der Waals surface area (Å²) in [5.74, 6) is 1.52. The summed E-state index contributed by atoms with van der Waals surface area (Å²) in [6.07, 6.45) is 2.94. The van der Waals surface area contributed by atoms with Crippen molar-refractivity contribution in [3.63, 3.8) is 0 Å². The maximum Gasteiger partial charge on any atom is 0.387 e. The normalized spacial score (nSPS) is 13.1. The van der Waals surface area contributed by atoms with Crippen LogP contribution >= 0.6 is 11.3 Å². The van der Waals surface area contributed by atoms with Crippen molar-refractivity contribution in [2.45, 2.75) is 39.3 Å². The van der Waals surface area contributed by atoms with Crippen LogP contribution in [0.2, 0.25) is 0 Å². The number of guanidine groups is 1. The van der Waals surface area contributed by atoms with E-state index in [-0.39, 0.29) is 19.1 Å². The van der Waals surface area contributed by atoms with Gasteiger partial charge in [-0.1, -0.05) is 0 Å². The Kier molecular flexibility index (Phi) is 7.45. The Balaban J connectivity index is 1.47. The third kappa shape index (κ3) is 6.18. The van der Waals surface area contributed by atoms with Gasteiger partial charge in [-0.2, -0.15) is 8.78 Å². The molecule has 0 spiro atoms. The second-order valence-corrected chi connectivity index (χ2v) is 7.33. The van der Waals surface area contributed by atoms with Gasteiger partial charge in [-0.05, 0) is 32.3 Å². The van der Waals surface area contributed by atoms with E-state index in [1.807, 2.05) is 6.92 Å². The molecule has 0 saturated heterocycles. The van der Waals surface area contributed by atoms with Crippen LogP contribution in [-0.4, -0.2) is 37.9 Å². The number of hydrogen-bond donors (Lipinski definition) is 2. The number of hydrogen-bond acceptors (Lipinski definition) is 6. The van der Waals surface area contributed by atoms with Crippen molar-refractivity contribution in [1.82, 2.24) is 15.6 Å². The van der Waals surface area contributed by atoms with Crippen LogP contribution in [0.15, 0.2) is 22.5 Å². The lowest BCUT2D eigenvalue weighted by molar-refractivity contribution is -0.0505.